The van der Waals surface area contributed by atoms with E-state index in [2.05, 4.69) is 0 Å². The third kappa shape index (κ3) is 5.89. The molecule has 5 heteroatoms. The number of hydrogen-bond donors (Lipinski definition) is 0. The van der Waals surface area contributed by atoms with Crippen LogP contribution < -0.4 is 4.74 Å². The maximum Gasteiger partial charge on any atom is 0.306 e. The fraction of sp³-hybridized carbons (Fsp3) is 0.333. The predicted molar refractivity (Wildman–Crippen MR) is 96.1 cm³/mol. The van der Waals surface area contributed by atoms with Crippen LogP contribution in [0.2, 0.25) is 0 Å². The average Bonchev–Trinajstić information content (AvgIpc) is 2.57. The van der Waals surface area contributed by atoms with Gasteiger partial charge in [-0.15, -0.1) is 0 Å². The Kier molecular flexibility index (Phi) is 6.35. The summed E-state index contributed by atoms with van der Waals surface area (Å²) in [6.07, 6.45) is 0.815. The highest BCUT2D eigenvalue weighted by Gasteiger charge is 2.16. The number of rotatable bonds is 6. The van der Waals surface area contributed by atoms with Gasteiger partial charge in [-0.2, -0.15) is 5.26 Å². The van der Waals surface area contributed by atoms with Crippen LogP contribution in [0.4, 0.5) is 4.39 Å². The predicted octanol–water partition coefficient (Wildman–Crippen LogP) is 4.55. The van der Waals surface area contributed by atoms with E-state index >= 15 is 0 Å². The Labute approximate surface area is 153 Å². The number of nitriles is 1. The summed E-state index contributed by atoms with van der Waals surface area (Å²) in [5.74, 6) is -0.506. The lowest BCUT2D eigenvalue weighted by Gasteiger charge is -2.19. The van der Waals surface area contributed by atoms with E-state index < -0.39 is 11.4 Å². The molecule has 0 N–H and O–H groups in total. The minimum Gasteiger partial charge on any atom is -0.489 e. The molecule has 0 bridgehead atoms. The summed E-state index contributed by atoms with van der Waals surface area (Å²) in [6.45, 7) is 5.76. The number of benzene rings is 2. The molecule has 2 aromatic carbocycles. The van der Waals surface area contributed by atoms with Gasteiger partial charge >= 0.3 is 5.97 Å². The molecular formula is C21H22FNO3. The number of esters is 1. The number of ether oxygens (including phenoxy) is 2. The lowest BCUT2D eigenvalue weighted by Crippen LogP contribution is -2.24. The molecule has 26 heavy (non-hydrogen) atoms. The average molecular weight is 355 g/mol. The maximum atomic E-state index is 13.6. The fourth-order valence-corrected chi connectivity index (χ4v) is 2.41. The lowest BCUT2D eigenvalue weighted by atomic mass is 10.0. The van der Waals surface area contributed by atoms with E-state index in [0.717, 1.165) is 11.1 Å². The Morgan fingerprint density at radius 3 is 2.46 bits per heavy atom. The Balaban J connectivity index is 1.99. The van der Waals surface area contributed by atoms with Gasteiger partial charge in [-0.3, -0.25) is 4.79 Å². The van der Waals surface area contributed by atoms with E-state index in [9.17, 15) is 9.18 Å². The van der Waals surface area contributed by atoms with E-state index in [0.29, 0.717) is 12.2 Å². The van der Waals surface area contributed by atoms with Crippen LogP contribution in [0.25, 0.3) is 0 Å². The van der Waals surface area contributed by atoms with Crippen molar-refractivity contribution in [2.24, 2.45) is 0 Å². The molecular weight excluding hydrogens is 333 g/mol. The van der Waals surface area contributed by atoms with Gasteiger partial charge in [0.25, 0.3) is 0 Å². The molecule has 0 aliphatic heterocycles. The first-order valence-corrected chi connectivity index (χ1v) is 8.39. The van der Waals surface area contributed by atoms with Crippen molar-refractivity contribution in [3.05, 3.63) is 65.0 Å². The highest BCUT2D eigenvalue weighted by atomic mass is 19.1. The molecule has 4 nitrogen and oxygen atoms in total. The standard InChI is InChI=1S/C21H22FNO3/c1-21(2,3)26-20(24)11-9-15-6-4-5-7-17(15)14-25-18-10-8-16(13-23)19(22)12-18/h4-8,10,12H,9,11,14H2,1-3H3. The summed E-state index contributed by atoms with van der Waals surface area (Å²) in [5, 5.41) is 8.76. The highest BCUT2D eigenvalue weighted by molar-refractivity contribution is 5.70. The second-order valence-corrected chi connectivity index (χ2v) is 6.90. The van der Waals surface area contributed by atoms with Crippen LogP contribution in [0.15, 0.2) is 42.5 Å². The van der Waals surface area contributed by atoms with Gasteiger partial charge in [0.2, 0.25) is 0 Å². The number of hydrogen-bond acceptors (Lipinski definition) is 4. The largest absolute Gasteiger partial charge is 0.489 e. The first-order valence-electron chi connectivity index (χ1n) is 8.39. The molecule has 2 rings (SSSR count). The Hall–Kier alpha value is -2.87. The quantitative estimate of drug-likeness (QED) is 0.713. The number of carbonyl (C=O) groups excluding carboxylic acids is 1. The first kappa shape index (κ1) is 19.5. The van der Waals surface area contributed by atoms with Gasteiger partial charge in [0.1, 0.15) is 29.8 Å². The normalized spacial score (nSPS) is 10.9. The molecule has 0 radical (unpaired) electrons. The van der Waals surface area contributed by atoms with Crippen LogP contribution in [0, 0.1) is 17.1 Å². The minimum atomic E-state index is -0.608. The molecule has 0 aliphatic carbocycles. The van der Waals surface area contributed by atoms with E-state index in [-0.39, 0.29) is 24.6 Å². The fourth-order valence-electron chi connectivity index (χ4n) is 2.41. The molecule has 0 atom stereocenters. The molecule has 0 amide bonds. The Morgan fingerprint density at radius 1 is 1.15 bits per heavy atom. The smallest absolute Gasteiger partial charge is 0.306 e. The molecule has 0 heterocycles. The third-order valence-corrected chi connectivity index (χ3v) is 3.59. The van der Waals surface area contributed by atoms with Gasteiger partial charge in [-0.1, -0.05) is 24.3 Å². The summed E-state index contributed by atoms with van der Waals surface area (Å²) in [6, 6.07) is 13.5. The Bertz CT molecular complexity index is 819. The minimum absolute atomic E-state index is 0.0184. The van der Waals surface area contributed by atoms with Gasteiger partial charge < -0.3 is 9.47 Å². The summed E-state index contributed by atoms with van der Waals surface area (Å²) in [4.78, 5) is 11.9. The highest BCUT2D eigenvalue weighted by Crippen LogP contribution is 2.19. The van der Waals surface area contributed by atoms with Crippen molar-refractivity contribution in [3.63, 3.8) is 0 Å². The summed E-state index contributed by atoms with van der Waals surface area (Å²) in [5.41, 5.74) is 1.38. The van der Waals surface area contributed by atoms with Crippen LogP contribution >= 0.6 is 0 Å². The van der Waals surface area contributed by atoms with Crippen LogP contribution in [0.3, 0.4) is 0 Å². The zero-order valence-corrected chi connectivity index (χ0v) is 15.2. The van der Waals surface area contributed by atoms with E-state index in [4.69, 9.17) is 14.7 Å². The van der Waals surface area contributed by atoms with Crippen LogP contribution in [-0.2, 0) is 22.6 Å². The Morgan fingerprint density at radius 2 is 1.85 bits per heavy atom. The first-order chi connectivity index (χ1) is 12.3. The SMILES string of the molecule is CC(C)(C)OC(=O)CCc1ccccc1COc1ccc(C#N)c(F)c1. The zero-order valence-electron chi connectivity index (χ0n) is 15.2. The van der Waals surface area contributed by atoms with Gasteiger partial charge in [-0.25, -0.2) is 4.39 Å². The number of nitrogens with zero attached hydrogens (tertiary/aromatic N) is 1. The van der Waals surface area contributed by atoms with Crippen molar-refractivity contribution in [2.75, 3.05) is 0 Å². The second kappa shape index (κ2) is 8.48. The summed E-state index contributed by atoms with van der Waals surface area (Å²) < 4.78 is 24.6. The van der Waals surface area contributed by atoms with E-state index in [1.807, 2.05) is 45.0 Å². The molecule has 0 aliphatic rings. The number of halogens is 1. The lowest BCUT2D eigenvalue weighted by molar-refractivity contribution is -0.154. The molecule has 136 valence electrons. The van der Waals surface area contributed by atoms with Crippen LogP contribution in [0.5, 0.6) is 5.75 Å². The molecule has 0 saturated carbocycles. The van der Waals surface area contributed by atoms with Gasteiger partial charge in [0, 0.05) is 12.5 Å². The van der Waals surface area contributed by atoms with Gasteiger partial charge in [0.15, 0.2) is 0 Å². The third-order valence-electron chi connectivity index (χ3n) is 3.59. The number of aryl methyl sites for hydroxylation is 1. The van der Waals surface area contributed by atoms with Crippen molar-refractivity contribution < 1.29 is 18.7 Å². The second-order valence-electron chi connectivity index (χ2n) is 6.90. The van der Waals surface area contributed by atoms with Crippen LogP contribution in [0.1, 0.15) is 43.9 Å². The van der Waals surface area contributed by atoms with Crippen molar-refractivity contribution in [1.82, 2.24) is 0 Å². The maximum absolute atomic E-state index is 13.6. The van der Waals surface area contributed by atoms with Crippen molar-refractivity contribution >= 4 is 5.97 Å². The van der Waals surface area contributed by atoms with Crippen molar-refractivity contribution in [3.8, 4) is 11.8 Å². The molecule has 0 saturated heterocycles. The molecule has 0 fully saturated rings. The molecule has 0 unspecified atom stereocenters. The molecule has 0 aromatic heterocycles. The van der Waals surface area contributed by atoms with Crippen LogP contribution in [-0.4, -0.2) is 11.6 Å². The molecule has 0 spiro atoms. The van der Waals surface area contributed by atoms with Crippen molar-refractivity contribution in [2.45, 2.75) is 45.8 Å². The zero-order chi connectivity index (χ0) is 19.2. The van der Waals surface area contributed by atoms with E-state index in [1.54, 1.807) is 12.1 Å². The summed E-state index contributed by atoms with van der Waals surface area (Å²) in [7, 11) is 0. The van der Waals surface area contributed by atoms with Gasteiger partial charge in [0.05, 0.1) is 5.56 Å². The molecule has 2 aromatic rings. The van der Waals surface area contributed by atoms with Gasteiger partial charge in [-0.05, 0) is 50.5 Å². The topological polar surface area (TPSA) is 59.3 Å². The summed E-state index contributed by atoms with van der Waals surface area (Å²) >= 11 is 0. The monoisotopic (exact) mass is 355 g/mol. The van der Waals surface area contributed by atoms with Crippen molar-refractivity contribution in [1.29, 1.82) is 5.26 Å². The van der Waals surface area contributed by atoms with E-state index in [1.165, 1.54) is 12.1 Å². The number of carbonyl (C=O) groups is 1.